The molecular weight excluding hydrogens is 138 g/mol. The fourth-order valence-corrected chi connectivity index (χ4v) is 2.15. The number of aliphatic hydroxyl groups is 1. The Morgan fingerprint density at radius 3 is 2.36 bits per heavy atom. The van der Waals surface area contributed by atoms with E-state index in [2.05, 4.69) is 0 Å². The van der Waals surface area contributed by atoms with Crippen LogP contribution in [-0.2, 0) is 0 Å². The second-order valence-electron chi connectivity index (χ2n) is 4.41. The van der Waals surface area contributed by atoms with Gasteiger partial charge >= 0.3 is 0 Å². The third-order valence-electron chi connectivity index (χ3n) is 3.69. The van der Waals surface area contributed by atoms with Crippen LogP contribution in [0.1, 0.15) is 32.6 Å². The van der Waals surface area contributed by atoms with Crippen molar-refractivity contribution in [3.05, 3.63) is 0 Å². The predicted molar refractivity (Wildman–Crippen MR) is 44.1 cm³/mol. The lowest BCUT2D eigenvalue weighted by atomic mass is 9.82. The largest absolute Gasteiger partial charge is 0.389 e. The molecule has 2 aliphatic carbocycles. The van der Waals surface area contributed by atoms with Crippen LogP contribution in [-0.4, -0.2) is 17.3 Å². The van der Waals surface area contributed by atoms with Crippen LogP contribution in [0, 0.1) is 11.3 Å². The van der Waals surface area contributed by atoms with E-state index in [9.17, 15) is 5.11 Å². The maximum absolute atomic E-state index is 10.2. The monoisotopic (exact) mass is 155 g/mol. The Bertz CT molecular complexity index is 168. The molecule has 0 bridgehead atoms. The highest BCUT2D eigenvalue weighted by molar-refractivity contribution is 5.12. The summed E-state index contributed by atoms with van der Waals surface area (Å²) in [6.07, 6.45) is 4.67. The summed E-state index contributed by atoms with van der Waals surface area (Å²) in [5.74, 6) is 0.550. The molecule has 0 amide bonds. The maximum atomic E-state index is 10.2. The lowest BCUT2D eigenvalue weighted by Crippen LogP contribution is -2.43. The Morgan fingerprint density at radius 1 is 1.55 bits per heavy atom. The van der Waals surface area contributed by atoms with E-state index in [1.807, 2.05) is 6.92 Å². The normalized spacial score (nSPS) is 33.0. The summed E-state index contributed by atoms with van der Waals surface area (Å²) in [4.78, 5) is 0. The number of rotatable bonds is 3. The summed E-state index contributed by atoms with van der Waals surface area (Å²) >= 11 is 0. The summed E-state index contributed by atoms with van der Waals surface area (Å²) in [5, 5.41) is 10.2. The van der Waals surface area contributed by atoms with Gasteiger partial charge in [0.1, 0.15) is 0 Å². The first-order valence-corrected chi connectivity index (χ1v) is 4.55. The fourth-order valence-electron chi connectivity index (χ4n) is 2.15. The Kier molecular flexibility index (Phi) is 1.37. The average molecular weight is 155 g/mol. The van der Waals surface area contributed by atoms with E-state index in [1.165, 1.54) is 12.8 Å². The van der Waals surface area contributed by atoms with E-state index in [0.717, 1.165) is 12.8 Å². The van der Waals surface area contributed by atoms with Crippen LogP contribution in [0.25, 0.3) is 0 Å². The highest BCUT2D eigenvalue weighted by Crippen LogP contribution is 2.60. The van der Waals surface area contributed by atoms with Crippen molar-refractivity contribution in [2.24, 2.45) is 17.1 Å². The van der Waals surface area contributed by atoms with Crippen LogP contribution in [0.3, 0.4) is 0 Å². The maximum Gasteiger partial charge on any atom is 0.0715 e. The molecule has 2 aliphatic rings. The molecule has 2 heteroatoms. The van der Waals surface area contributed by atoms with E-state index in [0.29, 0.717) is 12.5 Å². The molecule has 0 spiro atoms. The van der Waals surface area contributed by atoms with Crippen molar-refractivity contribution in [3.63, 3.8) is 0 Å². The first-order chi connectivity index (χ1) is 5.12. The molecule has 0 aromatic rings. The Morgan fingerprint density at radius 2 is 2.09 bits per heavy atom. The minimum absolute atomic E-state index is 0.105. The van der Waals surface area contributed by atoms with Gasteiger partial charge < -0.3 is 10.8 Å². The van der Waals surface area contributed by atoms with E-state index >= 15 is 0 Å². The topological polar surface area (TPSA) is 46.2 Å². The lowest BCUT2D eigenvalue weighted by Gasteiger charge is -2.32. The number of hydrogen-bond acceptors (Lipinski definition) is 2. The van der Waals surface area contributed by atoms with Crippen LogP contribution < -0.4 is 5.73 Å². The Balaban J connectivity index is 2.11. The first-order valence-electron chi connectivity index (χ1n) is 4.55. The highest BCUT2D eigenvalue weighted by Gasteiger charge is 2.60. The third kappa shape index (κ3) is 0.926. The first kappa shape index (κ1) is 7.56. The molecule has 0 aromatic heterocycles. The second-order valence-corrected chi connectivity index (χ2v) is 4.41. The van der Waals surface area contributed by atoms with Crippen LogP contribution in [0.5, 0.6) is 0 Å². The van der Waals surface area contributed by atoms with Crippen molar-refractivity contribution in [3.8, 4) is 0 Å². The molecule has 2 saturated carbocycles. The smallest absolute Gasteiger partial charge is 0.0715 e. The lowest BCUT2D eigenvalue weighted by molar-refractivity contribution is -0.0323. The molecule has 0 aromatic carbocycles. The quantitative estimate of drug-likeness (QED) is 0.635. The summed E-state index contributed by atoms with van der Waals surface area (Å²) in [6.45, 7) is 2.64. The van der Waals surface area contributed by atoms with Gasteiger partial charge in [0.25, 0.3) is 0 Å². The minimum Gasteiger partial charge on any atom is -0.389 e. The zero-order chi connectivity index (χ0) is 8.11. The van der Waals surface area contributed by atoms with Gasteiger partial charge in [0.15, 0.2) is 0 Å². The molecule has 0 saturated heterocycles. The van der Waals surface area contributed by atoms with Gasteiger partial charge in [-0.15, -0.1) is 0 Å². The highest BCUT2D eigenvalue weighted by atomic mass is 16.3. The van der Waals surface area contributed by atoms with Crippen molar-refractivity contribution in [2.75, 3.05) is 6.54 Å². The second kappa shape index (κ2) is 1.99. The molecule has 1 unspecified atom stereocenters. The van der Waals surface area contributed by atoms with Crippen molar-refractivity contribution in [1.82, 2.24) is 0 Å². The summed E-state index contributed by atoms with van der Waals surface area (Å²) < 4.78 is 0. The molecule has 0 heterocycles. The van der Waals surface area contributed by atoms with Crippen molar-refractivity contribution >= 4 is 0 Å². The van der Waals surface area contributed by atoms with E-state index in [-0.39, 0.29) is 5.41 Å². The minimum atomic E-state index is -0.457. The van der Waals surface area contributed by atoms with E-state index < -0.39 is 5.60 Å². The molecule has 2 rings (SSSR count). The molecule has 64 valence electrons. The van der Waals surface area contributed by atoms with E-state index in [4.69, 9.17) is 5.73 Å². The SMILES string of the molecule is CC(O)(C1CC1)C1(CN)CC1. The summed E-state index contributed by atoms with van der Waals surface area (Å²) in [6, 6.07) is 0. The van der Waals surface area contributed by atoms with Gasteiger partial charge in [0.2, 0.25) is 0 Å². The van der Waals surface area contributed by atoms with Crippen LogP contribution >= 0.6 is 0 Å². The van der Waals surface area contributed by atoms with Gasteiger partial charge in [0.05, 0.1) is 5.60 Å². The van der Waals surface area contributed by atoms with Crippen molar-refractivity contribution < 1.29 is 5.11 Å². The Labute approximate surface area is 67.8 Å². The van der Waals surface area contributed by atoms with Gasteiger partial charge in [-0.3, -0.25) is 0 Å². The Hall–Kier alpha value is -0.0800. The molecule has 1 atom stereocenters. The number of hydrogen-bond donors (Lipinski definition) is 2. The molecule has 2 nitrogen and oxygen atoms in total. The molecule has 2 fully saturated rings. The van der Waals surface area contributed by atoms with Crippen molar-refractivity contribution in [1.29, 1.82) is 0 Å². The van der Waals surface area contributed by atoms with Gasteiger partial charge in [0, 0.05) is 12.0 Å². The van der Waals surface area contributed by atoms with Gasteiger partial charge in [-0.2, -0.15) is 0 Å². The van der Waals surface area contributed by atoms with Crippen LogP contribution in [0.15, 0.2) is 0 Å². The summed E-state index contributed by atoms with van der Waals surface area (Å²) in [7, 11) is 0. The number of nitrogens with two attached hydrogens (primary N) is 1. The molecule has 11 heavy (non-hydrogen) atoms. The zero-order valence-electron chi connectivity index (χ0n) is 7.14. The zero-order valence-corrected chi connectivity index (χ0v) is 7.14. The van der Waals surface area contributed by atoms with Crippen LogP contribution in [0.4, 0.5) is 0 Å². The van der Waals surface area contributed by atoms with Gasteiger partial charge in [-0.05, 0) is 38.5 Å². The molecule has 0 radical (unpaired) electrons. The molecule has 0 aliphatic heterocycles. The third-order valence-corrected chi connectivity index (χ3v) is 3.69. The molecule has 3 N–H and O–H groups in total. The predicted octanol–water partition coefficient (Wildman–Crippen LogP) is 0.886. The van der Waals surface area contributed by atoms with E-state index in [1.54, 1.807) is 0 Å². The fraction of sp³-hybridized carbons (Fsp3) is 1.00. The van der Waals surface area contributed by atoms with Gasteiger partial charge in [-0.25, -0.2) is 0 Å². The average Bonchev–Trinajstić information content (AvgIpc) is 2.85. The standard InChI is InChI=1S/C9H17NO/c1-8(11,7-2-3-7)9(6-10)4-5-9/h7,11H,2-6,10H2,1H3. The van der Waals surface area contributed by atoms with Crippen molar-refractivity contribution in [2.45, 2.75) is 38.2 Å². The molecular formula is C9H17NO. The summed E-state index contributed by atoms with van der Waals surface area (Å²) in [5.41, 5.74) is 5.31. The van der Waals surface area contributed by atoms with Crippen LogP contribution in [0.2, 0.25) is 0 Å². The van der Waals surface area contributed by atoms with Gasteiger partial charge in [-0.1, -0.05) is 0 Å².